The number of nitro groups is 1. The van der Waals surface area contributed by atoms with Crippen LogP contribution in [-0.2, 0) is 9.59 Å². The minimum absolute atomic E-state index is 0.000192. The van der Waals surface area contributed by atoms with Gasteiger partial charge in [-0.2, -0.15) is 0 Å². The largest absolute Gasteiger partial charge is 0.325 e. The Balaban J connectivity index is 1.89. The molecule has 0 saturated heterocycles. The van der Waals surface area contributed by atoms with Gasteiger partial charge in [0.2, 0.25) is 11.8 Å². The number of benzene rings is 2. The SMILES string of the molecule is Cc1cc(Br)ccc1NC(=O)CN(C)CC(=O)Nc1ccccc1[N+](=O)[O-]. The molecule has 0 bridgehead atoms. The van der Waals surface area contributed by atoms with E-state index in [0.29, 0.717) is 5.69 Å². The number of likely N-dealkylation sites (N-methyl/N-ethyl adjacent to an activating group) is 1. The number of anilines is 2. The molecule has 0 spiro atoms. The van der Waals surface area contributed by atoms with Crippen molar-refractivity contribution in [2.24, 2.45) is 0 Å². The first-order chi connectivity index (χ1) is 12.8. The van der Waals surface area contributed by atoms with Crippen molar-refractivity contribution in [1.29, 1.82) is 0 Å². The average molecular weight is 435 g/mol. The fourth-order valence-corrected chi connectivity index (χ4v) is 2.91. The van der Waals surface area contributed by atoms with Crippen molar-refractivity contribution in [2.75, 3.05) is 30.8 Å². The van der Waals surface area contributed by atoms with Crippen LogP contribution in [0.4, 0.5) is 17.1 Å². The third kappa shape index (κ3) is 6.15. The van der Waals surface area contributed by atoms with E-state index in [-0.39, 0.29) is 30.4 Å². The fourth-order valence-electron chi connectivity index (χ4n) is 2.43. The molecule has 2 amide bonds. The first-order valence-electron chi connectivity index (χ1n) is 8.04. The number of carbonyl (C=O) groups is 2. The quantitative estimate of drug-likeness (QED) is 0.514. The highest BCUT2D eigenvalue weighted by Gasteiger charge is 2.16. The van der Waals surface area contributed by atoms with E-state index >= 15 is 0 Å². The van der Waals surface area contributed by atoms with Gasteiger partial charge in [0.15, 0.2) is 0 Å². The van der Waals surface area contributed by atoms with Gasteiger partial charge >= 0.3 is 0 Å². The van der Waals surface area contributed by atoms with Crippen LogP contribution in [0.3, 0.4) is 0 Å². The number of hydrogen-bond donors (Lipinski definition) is 2. The number of aryl methyl sites for hydroxylation is 1. The summed E-state index contributed by atoms with van der Waals surface area (Å²) >= 11 is 3.36. The van der Waals surface area contributed by atoms with Crippen molar-refractivity contribution in [3.63, 3.8) is 0 Å². The number of halogens is 1. The monoisotopic (exact) mass is 434 g/mol. The second-order valence-corrected chi connectivity index (χ2v) is 6.92. The molecule has 0 aliphatic carbocycles. The summed E-state index contributed by atoms with van der Waals surface area (Å²) in [5, 5.41) is 16.3. The summed E-state index contributed by atoms with van der Waals surface area (Å²) in [5.74, 6) is -0.708. The Hall–Kier alpha value is -2.78. The first-order valence-corrected chi connectivity index (χ1v) is 8.83. The molecule has 0 atom stereocenters. The van der Waals surface area contributed by atoms with Gasteiger partial charge in [0.1, 0.15) is 5.69 Å². The summed E-state index contributed by atoms with van der Waals surface area (Å²) in [4.78, 5) is 36.2. The number of nitrogens with zero attached hydrogens (tertiary/aromatic N) is 2. The van der Waals surface area contributed by atoms with Crippen molar-refractivity contribution in [3.05, 3.63) is 62.6 Å². The maximum atomic E-state index is 12.2. The summed E-state index contributed by atoms with van der Waals surface area (Å²) in [6.45, 7) is 1.79. The third-order valence-electron chi connectivity index (χ3n) is 3.66. The van der Waals surface area contributed by atoms with E-state index in [9.17, 15) is 19.7 Å². The second kappa shape index (κ2) is 9.24. The van der Waals surface area contributed by atoms with Crippen LogP contribution < -0.4 is 10.6 Å². The number of carbonyl (C=O) groups excluding carboxylic acids is 2. The predicted octanol–water partition coefficient (Wildman–Crippen LogP) is 3.17. The van der Waals surface area contributed by atoms with Gasteiger partial charge < -0.3 is 10.6 Å². The van der Waals surface area contributed by atoms with Crippen molar-refractivity contribution >= 4 is 44.8 Å². The van der Waals surface area contributed by atoms with Gasteiger partial charge in [0, 0.05) is 16.2 Å². The molecular weight excluding hydrogens is 416 g/mol. The molecule has 142 valence electrons. The lowest BCUT2D eigenvalue weighted by atomic mass is 10.2. The second-order valence-electron chi connectivity index (χ2n) is 6.00. The Labute approximate surface area is 164 Å². The van der Waals surface area contributed by atoms with Crippen LogP contribution in [-0.4, -0.2) is 41.8 Å². The number of amides is 2. The van der Waals surface area contributed by atoms with E-state index in [1.165, 1.54) is 23.1 Å². The van der Waals surface area contributed by atoms with Crippen LogP contribution in [0.5, 0.6) is 0 Å². The average Bonchev–Trinajstić information content (AvgIpc) is 2.57. The molecular formula is C18H19BrN4O4. The molecule has 0 aliphatic heterocycles. The van der Waals surface area contributed by atoms with Gasteiger partial charge in [0.05, 0.1) is 18.0 Å². The lowest BCUT2D eigenvalue weighted by Crippen LogP contribution is -2.36. The molecule has 2 aromatic rings. The van der Waals surface area contributed by atoms with Crippen molar-refractivity contribution < 1.29 is 14.5 Å². The zero-order chi connectivity index (χ0) is 20.0. The number of hydrogen-bond acceptors (Lipinski definition) is 5. The molecule has 2 aromatic carbocycles. The molecule has 27 heavy (non-hydrogen) atoms. The number of rotatable bonds is 7. The van der Waals surface area contributed by atoms with E-state index in [0.717, 1.165) is 10.0 Å². The number of nitrogens with one attached hydrogen (secondary N) is 2. The molecule has 0 radical (unpaired) electrons. The Kier molecular flexibility index (Phi) is 7.03. The van der Waals surface area contributed by atoms with E-state index < -0.39 is 10.8 Å². The summed E-state index contributed by atoms with van der Waals surface area (Å²) < 4.78 is 0.918. The normalized spacial score (nSPS) is 10.5. The maximum absolute atomic E-state index is 12.2. The van der Waals surface area contributed by atoms with Crippen molar-refractivity contribution in [2.45, 2.75) is 6.92 Å². The van der Waals surface area contributed by atoms with Crippen molar-refractivity contribution in [3.8, 4) is 0 Å². The van der Waals surface area contributed by atoms with Crippen LogP contribution >= 0.6 is 15.9 Å². The van der Waals surface area contributed by atoms with E-state index in [1.54, 1.807) is 19.2 Å². The highest BCUT2D eigenvalue weighted by molar-refractivity contribution is 9.10. The Morgan fingerprint density at radius 3 is 2.26 bits per heavy atom. The van der Waals surface area contributed by atoms with E-state index in [2.05, 4.69) is 26.6 Å². The summed E-state index contributed by atoms with van der Waals surface area (Å²) in [5.41, 5.74) is 1.54. The zero-order valence-electron chi connectivity index (χ0n) is 14.9. The molecule has 0 heterocycles. The molecule has 0 fully saturated rings. The lowest BCUT2D eigenvalue weighted by Gasteiger charge is -2.16. The number of para-hydroxylation sites is 2. The maximum Gasteiger partial charge on any atom is 0.292 e. The van der Waals surface area contributed by atoms with Crippen LogP contribution in [0.15, 0.2) is 46.9 Å². The van der Waals surface area contributed by atoms with Gasteiger partial charge in [0.25, 0.3) is 5.69 Å². The first kappa shape index (κ1) is 20.5. The summed E-state index contributed by atoms with van der Waals surface area (Å²) in [7, 11) is 1.62. The molecule has 0 aliphatic rings. The van der Waals surface area contributed by atoms with E-state index in [1.807, 2.05) is 19.1 Å². The molecule has 9 heteroatoms. The smallest absolute Gasteiger partial charge is 0.292 e. The summed E-state index contributed by atoms with van der Waals surface area (Å²) in [6, 6.07) is 11.4. The number of nitro benzene ring substituents is 1. The minimum atomic E-state index is -0.562. The van der Waals surface area contributed by atoms with Crippen LogP contribution in [0.2, 0.25) is 0 Å². The standard InChI is InChI=1S/C18H19BrN4O4/c1-12-9-13(19)7-8-14(12)20-17(24)10-22(2)11-18(25)21-15-5-3-4-6-16(15)23(26)27/h3-9H,10-11H2,1-2H3,(H,20,24)(H,21,25). The molecule has 8 nitrogen and oxygen atoms in total. The Morgan fingerprint density at radius 1 is 1.07 bits per heavy atom. The van der Waals surface area contributed by atoms with Crippen LogP contribution in [0.25, 0.3) is 0 Å². The molecule has 0 aromatic heterocycles. The highest BCUT2D eigenvalue weighted by atomic mass is 79.9. The Bertz CT molecular complexity index is 872. The topological polar surface area (TPSA) is 105 Å². The summed E-state index contributed by atoms with van der Waals surface area (Å²) in [6.07, 6.45) is 0. The van der Waals surface area contributed by atoms with Gasteiger partial charge in [-0.05, 0) is 43.8 Å². The third-order valence-corrected chi connectivity index (χ3v) is 4.16. The van der Waals surface area contributed by atoms with Gasteiger partial charge in [-0.3, -0.25) is 24.6 Å². The lowest BCUT2D eigenvalue weighted by molar-refractivity contribution is -0.383. The Morgan fingerprint density at radius 2 is 1.67 bits per heavy atom. The van der Waals surface area contributed by atoms with E-state index in [4.69, 9.17) is 0 Å². The minimum Gasteiger partial charge on any atom is -0.325 e. The van der Waals surface area contributed by atoms with Crippen LogP contribution in [0.1, 0.15) is 5.56 Å². The molecule has 0 unspecified atom stereocenters. The molecule has 2 rings (SSSR count). The van der Waals surface area contributed by atoms with Gasteiger partial charge in [-0.25, -0.2) is 0 Å². The predicted molar refractivity (Wildman–Crippen MR) is 107 cm³/mol. The zero-order valence-corrected chi connectivity index (χ0v) is 16.4. The van der Waals surface area contributed by atoms with Gasteiger partial charge in [-0.15, -0.1) is 0 Å². The van der Waals surface area contributed by atoms with Crippen molar-refractivity contribution in [1.82, 2.24) is 4.90 Å². The highest BCUT2D eigenvalue weighted by Crippen LogP contribution is 2.23. The fraction of sp³-hybridized carbons (Fsp3) is 0.222. The van der Waals surface area contributed by atoms with Crippen LogP contribution in [0, 0.1) is 17.0 Å². The molecule has 2 N–H and O–H groups in total. The molecule has 0 saturated carbocycles. The van der Waals surface area contributed by atoms with Gasteiger partial charge in [-0.1, -0.05) is 28.1 Å².